The molecule has 0 aliphatic carbocycles. The molecule has 1 aromatic rings. The number of nitrogens with zero attached hydrogens (tertiary/aromatic N) is 2. The Hall–Kier alpha value is -1.17. The topological polar surface area (TPSA) is 50.3 Å². The van der Waals surface area contributed by atoms with Crippen molar-refractivity contribution in [1.29, 1.82) is 0 Å². The maximum absolute atomic E-state index is 13.1. The Kier molecular flexibility index (Phi) is 2.82. The van der Waals surface area contributed by atoms with Gasteiger partial charge in [-0.1, -0.05) is 4.48 Å². The molecule has 0 radical (unpaired) electrons. The fraction of sp³-hybridized carbons (Fsp3) is 0.286. The van der Waals surface area contributed by atoms with Gasteiger partial charge in [-0.15, -0.1) is 4.53 Å². The smallest absolute Gasteiger partial charge is 0.261 e. The van der Waals surface area contributed by atoms with E-state index in [0.717, 1.165) is 0 Å². The number of pyridine rings is 1. The third kappa shape index (κ3) is 2.15. The van der Waals surface area contributed by atoms with Gasteiger partial charge in [0.15, 0.2) is 0 Å². The highest BCUT2D eigenvalue weighted by Crippen LogP contribution is 2.16. The van der Waals surface area contributed by atoms with Crippen LogP contribution in [0.25, 0.3) is 0 Å². The number of hydrogen-bond donors (Lipinski definition) is 0. The van der Waals surface area contributed by atoms with E-state index in [9.17, 15) is 12.9 Å². The Morgan fingerprint density at radius 3 is 2.46 bits per heavy atom. The molecule has 0 aromatic carbocycles. The lowest BCUT2D eigenvalue weighted by Crippen LogP contribution is -2.23. The van der Waals surface area contributed by atoms with Gasteiger partial charge in [-0.2, -0.15) is 0 Å². The zero-order valence-corrected chi connectivity index (χ0v) is 7.83. The molecule has 1 heterocycles. The largest absolute Gasteiger partial charge is 0.265 e. The van der Waals surface area contributed by atoms with Gasteiger partial charge in [0.2, 0.25) is 0 Å². The molecule has 13 heavy (non-hydrogen) atoms. The molecule has 72 valence electrons. The minimum atomic E-state index is -3.81. The fourth-order valence-electron chi connectivity index (χ4n) is 0.735. The molecule has 0 saturated carbocycles. The van der Waals surface area contributed by atoms with Crippen molar-refractivity contribution in [2.45, 2.75) is 6.92 Å². The van der Waals surface area contributed by atoms with Crippen LogP contribution in [-0.2, 0) is 10.0 Å². The lowest BCUT2D eigenvalue weighted by Gasteiger charge is -2.11. The van der Waals surface area contributed by atoms with Crippen LogP contribution in [0.4, 0.5) is 10.2 Å². The van der Waals surface area contributed by atoms with Gasteiger partial charge in [0.1, 0.15) is 0 Å². The number of halogens is 1. The van der Waals surface area contributed by atoms with E-state index in [2.05, 4.69) is 4.98 Å². The lowest BCUT2D eigenvalue weighted by molar-refractivity contribution is 0.496. The van der Waals surface area contributed by atoms with Crippen LogP contribution >= 0.6 is 0 Å². The predicted molar refractivity (Wildman–Crippen MR) is 47.3 cm³/mol. The van der Waals surface area contributed by atoms with E-state index in [4.69, 9.17) is 0 Å². The van der Waals surface area contributed by atoms with E-state index in [1.54, 1.807) is 0 Å². The molecular formula is C7H9FN2O2S. The second kappa shape index (κ2) is 3.69. The molecule has 6 heteroatoms. The van der Waals surface area contributed by atoms with Crippen LogP contribution < -0.4 is 4.53 Å². The molecule has 0 fully saturated rings. The molecule has 0 bridgehead atoms. The van der Waals surface area contributed by atoms with Gasteiger partial charge >= 0.3 is 0 Å². The maximum Gasteiger partial charge on any atom is 0.261 e. The van der Waals surface area contributed by atoms with Crippen LogP contribution in [0, 0.1) is 0 Å². The van der Waals surface area contributed by atoms with E-state index in [0.29, 0.717) is 0 Å². The number of sulfonamides is 1. The summed E-state index contributed by atoms with van der Waals surface area (Å²) in [5.41, 5.74) is -0.0307. The molecule has 1 rings (SSSR count). The lowest BCUT2D eigenvalue weighted by atomic mass is 10.4. The predicted octanol–water partition coefficient (Wildman–Crippen LogP) is 1.12. The standard InChI is InChI=1S/C7H9FN2O2S/c1-2-13(11,12)10(8)7-3-5-9-6-4-7/h3-6H,2H2,1H3. The van der Waals surface area contributed by atoms with Crippen LogP contribution in [0.15, 0.2) is 24.5 Å². The van der Waals surface area contributed by atoms with Gasteiger partial charge in [0.25, 0.3) is 10.0 Å². The van der Waals surface area contributed by atoms with Crippen LogP contribution in [0.3, 0.4) is 0 Å². The highest BCUT2D eigenvalue weighted by Gasteiger charge is 2.19. The average Bonchev–Trinajstić information content (AvgIpc) is 2.18. The molecule has 4 nitrogen and oxygen atoms in total. The van der Waals surface area contributed by atoms with Crippen molar-refractivity contribution in [3.05, 3.63) is 24.5 Å². The number of anilines is 1. The molecule has 0 amide bonds. The van der Waals surface area contributed by atoms with Crippen LogP contribution in [0.5, 0.6) is 0 Å². The number of aromatic nitrogens is 1. The summed E-state index contributed by atoms with van der Waals surface area (Å²) >= 11 is 0. The first-order chi connectivity index (χ1) is 6.08. The summed E-state index contributed by atoms with van der Waals surface area (Å²) in [6.45, 7) is 1.38. The summed E-state index contributed by atoms with van der Waals surface area (Å²) in [6.07, 6.45) is 2.65. The van der Waals surface area contributed by atoms with Crippen LogP contribution in [0.2, 0.25) is 0 Å². The molecule has 0 spiro atoms. The Balaban J connectivity index is 2.99. The second-order valence-electron chi connectivity index (χ2n) is 2.32. The van der Waals surface area contributed by atoms with Gasteiger partial charge < -0.3 is 0 Å². The van der Waals surface area contributed by atoms with Gasteiger partial charge in [-0.3, -0.25) is 4.98 Å². The van der Waals surface area contributed by atoms with Crippen molar-refractivity contribution >= 4 is 15.7 Å². The third-order valence-electron chi connectivity index (χ3n) is 1.47. The zero-order valence-electron chi connectivity index (χ0n) is 7.01. The summed E-state index contributed by atoms with van der Waals surface area (Å²) < 4.78 is 34.9. The third-order valence-corrected chi connectivity index (χ3v) is 2.90. The quantitative estimate of drug-likeness (QED) is 0.693. The van der Waals surface area contributed by atoms with Crippen molar-refractivity contribution in [2.24, 2.45) is 0 Å². The van der Waals surface area contributed by atoms with E-state index in [1.165, 1.54) is 31.5 Å². The number of rotatable bonds is 3. The molecule has 1 aromatic heterocycles. The van der Waals surface area contributed by atoms with E-state index >= 15 is 0 Å². The van der Waals surface area contributed by atoms with Crippen molar-refractivity contribution in [3.8, 4) is 0 Å². The van der Waals surface area contributed by atoms with E-state index in [1.807, 2.05) is 0 Å². The van der Waals surface area contributed by atoms with Crippen molar-refractivity contribution in [2.75, 3.05) is 10.3 Å². The van der Waals surface area contributed by atoms with E-state index in [-0.39, 0.29) is 16.0 Å². The number of hydrogen-bond acceptors (Lipinski definition) is 3. The van der Waals surface area contributed by atoms with Gasteiger partial charge in [0, 0.05) is 12.4 Å². The van der Waals surface area contributed by atoms with Crippen molar-refractivity contribution < 1.29 is 12.9 Å². The SMILES string of the molecule is CCS(=O)(=O)N(F)c1ccncc1. The Morgan fingerprint density at radius 2 is 2.00 bits per heavy atom. The zero-order chi connectivity index (χ0) is 9.90. The van der Waals surface area contributed by atoms with Crippen LogP contribution in [-0.4, -0.2) is 19.2 Å². The Bertz CT molecular complexity index is 365. The normalized spacial score (nSPS) is 11.2. The highest BCUT2D eigenvalue weighted by molar-refractivity contribution is 7.92. The second-order valence-corrected chi connectivity index (χ2v) is 4.38. The molecule has 0 aliphatic rings. The molecule has 0 saturated heterocycles. The molecule has 0 unspecified atom stereocenters. The first-order valence-corrected chi connectivity index (χ1v) is 5.27. The Morgan fingerprint density at radius 1 is 1.46 bits per heavy atom. The van der Waals surface area contributed by atoms with Gasteiger partial charge in [-0.25, -0.2) is 8.42 Å². The summed E-state index contributed by atoms with van der Waals surface area (Å²) in [5, 5.41) is 0. The molecular weight excluding hydrogens is 195 g/mol. The summed E-state index contributed by atoms with van der Waals surface area (Å²) in [7, 11) is -3.81. The minimum Gasteiger partial charge on any atom is -0.265 e. The first-order valence-electron chi connectivity index (χ1n) is 3.66. The summed E-state index contributed by atoms with van der Waals surface area (Å²) in [4.78, 5) is 3.65. The fourth-order valence-corrected chi connectivity index (χ4v) is 1.40. The van der Waals surface area contributed by atoms with Crippen LogP contribution in [0.1, 0.15) is 6.92 Å². The highest BCUT2D eigenvalue weighted by atomic mass is 32.2. The van der Waals surface area contributed by atoms with Gasteiger partial charge in [-0.05, 0) is 19.1 Å². The van der Waals surface area contributed by atoms with Crippen molar-refractivity contribution in [3.63, 3.8) is 0 Å². The molecule has 0 N–H and O–H groups in total. The van der Waals surface area contributed by atoms with Crippen molar-refractivity contribution in [1.82, 2.24) is 4.98 Å². The van der Waals surface area contributed by atoms with Gasteiger partial charge in [0.05, 0.1) is 11.4 Å². The monoisotopic (exact) mass is 204 g/mol. The van der Waals surface area contributed by atoms with E-state index < -0.39 is 10.0 Å². The first kappa shape index (κ1) is 9.91. The Labute approximate surface area is 76.0 Å². The summed E-state index contributed by atoms with van der Waals surface area (Å²) in [6, 6.07) is 2.57. The molecule has 0 atom stereocenters. The molecule has 0 aliphatic heterocycles. The maximum atomic E-state index is 13.1. The minimum absolute atomic E-state index is 0.0307. The summed E-state index contributed by atoms with van der Waals surface area (Å²) in [5.74, 6) is -0.272. The average molecular weight is 204 g/mol.